The molecule has 0 fully saturated rings. The Bertz CT molecular complexity index is 447. The Morgan fingerprint density at radius 3 is 2.89 bits per heavy atom. The van der Waals surface area contributed by atoms with Crippen LogP contribution in [0.15, 0.2) is 30.3 Å². The lowest BCUT2D eigenvalue weighted by Crippen LogP contribution is -2.22. The lowest BCUT2D eigenvalue weighted by Gasteiger charge is -2.13. The van der Waals surface area contributed by atoms with Gasteiger partial charge in [-0.25, -0.2) is 0 Å². The minimum atomic E-state index is 0.295. The lowest BCUT2D eigenvalue weighted by molar-refractivity contribution is 0.251. The van der Waals surface area contributed by atoms with Crippen molar-refractivity contribution in [1.82, 2.24) is 5.32 Å². The summed E-state index contributed by atoms with van der Waals surface area (Å²) in [5.74, 6) is 0.587. The molecule has 0 aliphatic rings. The van der Waals surface area contributed by atoms with E-state index in [2.05, 4.69) is 42.6 Å². The Kier molecular flexibility index (Phi) is 5.17. The van der Waals surface area contributed by atoms with Gasteiger partial charge < -0.3 is 10.4 Å². The van der Waals surface area contributed by atoms with Crippen LogP contribution in [0.25, 0.3) is 10.1 Å². The molecular weight excluding hydrogens is 242 g/mol. The number of thiophene rings is 1. The van der Waals surface area contributed by atoms with E-state index in [0.717, 1.165) is 25.9 Å². The van der Waals surface area contributed by atoms with Crippen LogP contribution in [0.1, 0.15) is 24.6 Å². The van der Waals surface area contributed by atoms with Crippen molar-refractivity contribution in [2.45, 2.75) is 26.3 Å². The largest absolute Gasteiger partial charge is 0.396 e. The maximum absolute atomic E-state index is 8.95. The molecule has 0 saturated heterocycles. The van der Waals surface area contributed by atoms with E-state index in [4.69, 9.17) is 5.11 Å². The van der Waals surface area contributed by atoms with Gasteiger partial charge in [-0.15, -0.1) is 11.3 Å². The van der Waals surface area contributed by atoms with Crippen molar-refractivity contribution >= 4 is 21.4 Å². The second-order valence-electron chi connectivity index (χ2n) is 4.67. The molecule has 18 heavy (non-hydrogen) atoms. The van der Waals surface area contributed by atoms with E-state index in [9.17, 15) is 0 Å². The van der Waals surface area contributed by atoms with Gasteiger partial charge in [0.2, 0.25) is 0 Å². The van der Waals surface area contributed by atoms with Crippen LogP contribution in [-0.4, -0.2) is 18.3 Å². The number of aliphatic hydroxyl groups is 1. The fraction of sp³-hybridized carbons (Fsp3) is 0.467. The summed E-state index contributed by atoms with van der Waals surface area (Å²) >= 11 is 1.86. The third kappa shape index (κ3) is 3.55. The topological polar surface area (TPSA) is 32.3 Å². The van der Waals surface area contributed by atoms with E-state index in [-0.39, 0.29) is 0 Å². The predicted octanol–water partition coefficient (Wildman–Crippen LogP) is 3.40. The van der Waals surface area contributed by atoms with Crippen LogP contribution in [0.3, 0.4) is 0 Å². The summed E-state index contributed by atoms with van der Waals surface area (Å²) in [6.45, 7) is 4.40. The molecule has 0 spiro atoms. The molecule has 0 aliphatic heterocycles. The minimum absolute atomic E-state index is 0.295. The van der Waals surface area contributed by atoms with Gasteiger partial charge in [-0.05, 0) is 36.4 Å². The summed E-state index contributed by atoms with van der Waals surface area (Å²) in [7, 11) is 0. The molecule has 98 valence electrons. The molecule has 2 rings (SSSR count). The molecule has 1 aromatic heterocycles. The first-order valence-corrected chi connectivity index (χ1v) is 7.44. The molecule has 1 atom stereocenters. The van der Waals surface area contributed by atoms with Gasteiger partial charge in [0, 0.05) is 22.7 Å². The Hall–Kier alpha value is -0.900. The van der Waals surface area contributed by atoms with Crippen LogP contribution < -0.4 is 5.32 Å². The van der Waals surface area contributed by atoms with Crippen molar-refractivity contribution in [2.75, 3.05) is 13.2 Å². The maximum Gasteiger partial charge on any atom is 0.0434 e. The summed E-state index contributed by atoms with van der Waals surface area (Å²) < 4.78 is 1.36. The van der Waals surface area contributed by atoms with Crippen molar-refractivity contribution in [2.24, 2.45) is 5.92 Å². The number of nitrogens with one attached hydrogen (secondary N) is 1. The van der Waals surface area contributed by atoms with Crippen LogP contribution in [-0.2, 0) is 6.54 Å². The van der Waals surface area contributed by atoms with E-state index >= 15 is 0 Å². The van der Waals surface area contributed by atoms with Gasteiger partial charge in [0.05, 0.1) is 0 Å². The van der Waals surface area contributed by atoms with Crippen LogP contribution in [0.4, 0.5) is 0 Å². The third-order valence-corrected chi connectivity index (χ3v) is 4.44. The molecule has 0 amide bonds. The highest BCUT2D eigenvalue weighted by molar-refractivity contribution is 7.19. The first-order chi connectivity index (χ1) is 8.83. The number of aliphatic hydroxyl groups excluding tert-OH is 1. The molecule has 2 N–H and O–H groups in total. The van der Waals surface area contributed by atoms with Gasteiger partial charge in [0.1, 0.15) is 0 Å². The smallest absolute Gasteiger partial charge is 0.0434 e. The summed E-state index contributed by atoms with van der Waals surface area (Å²) in [5, 5.41) is 13.8. The van der Waals surface area contributed by atoms with E-state index < -0.39 is 0 Å². The molecule has 0 radical (unpaired) electrons. The van der Waals surface area contributed by atoms with Gasteiger partial charge in [-0.1, -0.05) is 31.5 Å². The highest BCUT2D eigenvalue weighted by atomic mass is 32.1. The van der Waals surface area contributed by atoms with Crippen LogP contribution >= 0.6 is 11.3 Å². The molecule has 1 aromatic carbocycles. The number of rotatable bonds is 7. The van der Waals surface area contributed by atoms with Crippen LogP contribution in [0.2, 0.25) is 0 Å². The molecule has 2 nitrogen and oxygen atoms in total. The van der Waals surface area contributed by atoms with Crippen LogP contribution in [0, 0.1) is 5.92 Å². The van der Waals surface area contributed by atoms with Crippen LogP contribution in [0.5, 0.6) is 0 Å². The summed E-state index contributed by atoms with van der Waals surface area (Å²) in [6.07, 6.45) is 2.02. The molecule has 0 saturated carbocycles. The molecule has 0 bridgehead atoms. The number of benzene rings is 1. The molecule has 0 aliphatic carbocycles. The normalized spacial score (nSPS) is 13.0. The summed E-state index contributed by atoms with van der Waals surface area (Å²) in [5.41, 5.74) is 0. The number of hydrogen-bond donors (Lipinski definition) is 2. The Morgan fingerprint density at radius 1 is 1.33 bits per heavy atom. The van der Waals surface area contributed by atoms with Gasteiger partial charge >= 0.3 is 0 Å². The summed E-state index contributed by atoms with van der Waals surface area (Å²) in [6, 6.07) is 10.8. The standard InChI is InChI=1S/C15H21NOS/c1-2-12(7-8-17)10-16-11-14-9-13-5-3-4-6-15(13)18-14/h3-6,9,12,16-17H,2,7-8,10-11H2,1H3. The average molecular weight is 263 g/mol. The zero-order valence-electron chi connectivity index (χ0n) is 10.9. The lowest BCUT2D eigenvalue weighted by atomic mass is 10.0. The van der Waals surface area contributed by atoms with E-state index in [1.807, 2.05) is 11.3 Å². The number of fused-ring (bicyclic) bond motifs is 1. The molecule has 1 heterocycles. The minimum Gasteiger partial charge on any atom is -0.396 e. The molecule has 1 unspecified atom stereocenters. The van der Waals surface area contributed by atoms with E-state index in [1.54, 1.807) is 0 Å². The van der Waals surface area contributed by atoms with Crippen molar-refractivity contribution in [3.8, 4) is 0 Å². The van der Waals surface area contributed by atoms with E-state index in [1.165, 1.54) is 15.0 Å². The van der Waals surface area contributed by atoms with Crippen molar-refractivity contribution < 1.29 is 5.11 Å². The maximum atomic E-state index is 8.95. The summed E-state index contributed by atoms with van der Waals surface area (Å²) in [4.78, 5) is 1.38. The highest BCUT2D eigenvalue weighted by Crippen LogP contribution is 2.25. The first kappa shape index (κ1) is 13.5. The van der Waals surface area contributed by atoms with Crippen molar-refractivity contribution in [1.29, 1.82) is 0 Å². The second-order valence-corrected chi connectivity index (χ2v) is 5.84. The molecular formula is C15H21NOS. The van der Waals surface area contributed by atoms with E-state index in [0.29, 0.717) is 12.5 Å². The Morgan fingerprint density at radius 2 is 2.17 bits per heavy atom. The fourth-order valence-electron chi connectivity index (χ4n) is 2.16. The SMILES string of the molecule is CCC(CCO)CNCc1cc2ccccc2s1. The second kappa shape index (κ2) is 6.88. The number of hydrogen-bond acceptors (Lipinski definition) is 3. The molecule has 2 aromatic rings. The first-order valence-electron chi connectivity index (χ1n) is 6.62. The zero-order valence-corrected chi connectivity index (χ0v) is 11.7. The fourth-order valence-corrected chi connectivity index (χ4v) is 3.19. The van der Waals surface area contributed by atoms with Gasteiger partial charge in [-0.3, -0.25) is 0 Å². The van der Waals surface area contributed by atoms with Gasteiger partial charge in [0.15, 0.2) is 0 Å². The third-order valence-electron chi connectivity index (χ3n) is 3.32. The average Bonchev–Trinajstić information content (AvgIpc) is 2.80. The highest BCUT2D eigenvalue weighted by Gasteiger charge is 2.06. The monoisotopic (exact) mass is 263 g/mol. The van der Waals surface area contributed by atoms with Gasteiger partial charge in [0.25, 0.3) is 0 Å². The quantitative estimate of drug-likeness (QED) is 0.802. The Labute approximate surface area is 113 Å². The zero-order chi connectivity index (χ0) is 12.8. The predicted molar refractivity (Wildman–Crippen MR) is 79.0 cm³/mol. The van der Waals surface area contributed by atoms with Gasteiger partial charge in [-0.2, -0.15) is 0 Å². The molecule has 3 heteroatoms. The Balaban J connectivity index is 1.86. The van der Waals surface area contributed by atoms with Crippen molar-refractivity contribution in [3.63, 3.8) is 0 Å². The van der Waals surface area contributed by atoms with Crippen molar-refractivity contribution in [3.05, 3.63) is 35.2 Å².